The number of fused-ring (bicyclic) bond motifs is 1. The molecular weight excluding hydrogens is 370 g/mol. The van der Waals surface area contributed by atoms with Gasteiger partial charge in [0.1, 0.15) is 17.9 Å². The third-order valence-electron chi connectivity index (χ3n) is 5.20. The van der Waals surface area contributed by atoms with Gasteiger partial charge in [-0.15, -0.1) is 0 Å². The molecule has 2 amide bonds. The topological polar surface area (TPSA) is 72.8 Å². The summed E-state index contributed by atoms with van der Waals surface area (Å²) in [6.07, 6.45) is 2.97. The maximum atomic E-state index is 12.9. The minimum atomic E-state index is -0.518. The molecule has 29 heavy (non-hydrogen) atoms. The standard InChI is InChI=1S/C22H31N3O4/c1-15-12-17(23-21(27)29-22(2,3)4)9-11-25(15)20(26)14-24-10-8-16-13-18(28-5)6-7-19(16)24/h6-8,10,13,15,17H,9,11-12,14H2,1-5H3,(H,23,27). The number of hydrogen-bond acceptors (Lipinski definition) is 4. The van der Waals surface area contributed by atoms with E-state index in [1.807, 2.05) is 67.6 Å². The summed E-state index contributed by atoms with van der Waals surface area (Å²) in [6.45, 7) is 8.48. The van der Waals surface area contributed by atoms with Gasteiger partial charge in [-0.3, -0.25) is 4.79 Å². The summed E-state index contributed by atoms with van der Waals surface area (Å²) < 4.78 is 12.6. The summed E-state index contributed by atoms with van der Waals surface area (Å²) in [5.41, 5.74) is 0.490. The number of amides is 2. The van der Waals surface area contributed by atoms with Crippen molar-refractivity contribution in [3.8, 4) is 5.75 Å². The summed E-state index contributed by atoms with van der Waals surface area (Å²) in [7, 11) is 1.64. The highest BCUT2D eigenvalue weighted by atomic mass is 16.6. The van der Waals surface area contributed by atoms with Gasteiger partial charge in [-0.2, -0.15) is 0 Å². The second-order valence-electron chi connectivity index (χ2n) is 8.67. The van der Waals surface area contributed by atoms with Gasteiger partial charge in [0.25, 0.3) is 0 Å². The fraction of sp³-hybridized carbons (Fsp3) is 0.545. The highest BCUT2D eigenvalue weighted by molar-refractivity contribution is 5.84. The molecule has 1 aromatic carbocycles. The van der Waals surface area contributed by atoms with Crippen molar-refractivity contribution in [3.63, 3.8) is 0 Å². The van der Waals surface area contributed by atoms with Crippen LogP contribution < -0.4 is 10.1 Å². The van der Waals surface area contributed by atoms with E-state index in [0.29, 0.717) is 19.5 Å². The lowest BCUT2D eigenvalue weighted by atomic mass is 9.98. The monoisotopic (exact) mass is 401 g/mol. The Balaban J connectivity index is 1.58. The van der Waals surface area contributed by atoms with Crippen molar-refractivity contribution in [2.75, 3.05) is 13.7 Å². The van der Waals surface area contributed by atoms with Gasteiger partial charge in [-0.05, 0) is 64.8 Å². The molecule has 2 heterocycles. The Kier molecular flexibility index (Phi) is 6.05. The molecule has 1 aromatic heterocycles. The molecule has 0 radical (unpaired) electrons. The van der Waals surface area contributed by atoms with E-state index in [4.69, 9.17) is 9.47 Å². The number of alkyl carbamates (subject to hydrolysis) is 1. The van der Waals surface area contributed by atoms with Gasteiger partial charge in [-0.25, -0.2) is 4.79 Å². The number of aromatic nitrogens is 1. The SMILES string of the molecule is COc1ccc2c(ccn2CC(=O)N2CCC(NC(=O)OC(C)(C)C)CC2C)c1. The van der Waals surface area contributed by atoms with Crippen LogP contribution in [0.1, 0.15) is 40.5 Å². The van der Waals surface area contributed by atoms with Gasteiger partial charge < -0.3 is 24.3 Å². The summed E-state index contributed by atoms with van der Waals surface area (Å²) in [5, 5.41) is 3.98. The Hall–Kier alpha value is -2.70. The predicted molar refractivity (Wildman–Crippen MR) is 112 cm³/mol. The van der Waals surface area contributed by atoms with Gasteiger partial charge in [0.05, 0.1) is 7.11 Å². The number of methoxy groups -OCH3 is 1. The Morgan fingerprint density at radius 1 is 1.24 bits per heavy atom. The lowest BCUT2D eigenvalue weighted by Crippen LogP contribution is -2.52. The van der Waals surface area contributed by atoms with E-state index in [1.54, 1.807) is 7.11 Å². The fourth-order valence-corrected chi connectivity index (χ4v) is 3.83. The highest BCUT2D eigenvalue weighted by Crippen LogP contribution is 2.23. The first-order chi connectivity index (χ1) is 13.7. The second-order valence-corrected chi connectivity index (χ2v) is 8.67. The van der Waals surface area contributed by atoms with Gasteiger partial charge in [0.2, 0.25) is 5.91 Å². The molecule has 2 unspecified atom stereocenters. The van der Waals surface area contributed by atoms with Gasteiger partial charge in [-0.1, -0.05) is 0 Å². The number of benzene rings is 1. The van der Waals surface area contributed by atoms with Crippen molar-refractivity contribution in [1.29, 1.82) is 0 Å². The maximum absolute atomic E-state index is 12.9. The molecule has 0 spiro atoms. The molecule has 1 fully saturated rings. The smallest absolute Gasteiger partial charge is 0.407 e. The van der Waals surface area contributed by atoms with E-state index < -0.39 is 11.7 Å². The average Bonchev–Trinajstić information content (AvgIpc) is 3.02. The number of piperidine rings is 1. The van der Waals surface area contributed by atoms with Gasteiger partial charge >= 0.3 is 6.09 Å². The van der Waals surface area contributed by atoms with Crippen LogP contribution in [0.5, 0.6) is 5.75 Å². The van der Waals surface area contributed by atoms with Crippen LogP contribution in [0, 0.1) is 0 Å². The van der Waals surface area contributed by atoms with Crippen LogP contribution in [0.25, 0.3) is 10.9 Å². The van der Waals surface area contributed by atoms with Crippen LogP contribution >= 0.6 is 0 Å². The average molecular weight is 402 g/mol. The molecule has 0 aliphatic carbocycles. The molecule has 0 saturated carbocycles. The molecule has 1 saturated heterocycles. The molecule has 0 bridgehead atoms. The number of likely N-dealkylation sites (tertiary alicyclic amines) is 1. The van der Waals surface area contributed by atoms with E-state index in [2.05, 4.69) is 5.32 Å². The molecule has 7 nitrogen and oxygen atoms in total. The Morgan fingerprint density at radius 3 is 2.66 bits per heavy atom. The predicted octanol–water partition coefficient (Wildman–Crippen LogP) is 3.55. The third-order valence-corrected chi connectivity index (χ3v) is 5.20. The first kappa shape index (κ1) is 21.0. The van der Waals surface area contributed by atoms with Crippen LogP contribution in [0.4, 0.5) is 4.79 Å². The Bertz CT molecular complexity index is 884. The fourth-order valence-electron chi connectivity index (χ4n) is 3.83. The van der Waals surface area contributed by atoms with E-state index in [-0.39, 0.29) is 18.0 Å². The minimum Gasteiger partial charge on any atom is -0.497 e. The highest BCUT2D eigenvalue weighted by Gasteiger charge is 2.30. The maximum Gasteiger partial charge on any atom is 0.407 e. The summed E-state index contributed by atoms with van der Waals surface area (Å²) in [6, 6.07) is 7.90. The molecule has 1 aliphatic rings. The van der Waals surface area contributed by atoms with Crippen LogP contribution in [0.15, 0.2) is 30.5 Å². The number of nitrogens with zero attached hydrogens (tertiary/aromatic N) is 2. The van der Waals surface area contributed by atoms with Crippen LogP contribution in [0.3, 0.4) is 0 Å². The molecule has 2 aromatic rings. The third kappa shape index (κ3) is 5.22. The van der Waals surface area contributed by atoms with E-state index in [9.17, 15) is 9.59 Å². The number of carbonyl (C=O) groups excluding carboxylic acids is 2. The Labute approximate surface area is 171 Å². The van der Waals surface area contributed by atoms with E-state index >= 15 is 0 Å². The van der Waals surface area contributed by atoms with Crippen molar-refractivity contribution >= 4 is 22.9 Å². The molecule has 158 valence electrons. The molecule has 2 atom stereocenters. The summed E-state index contributed by atoms with van der Waals surface area (Å²) >= 11 is 0. The lowest BCUT2D eigenvalue weighted by molar-refractivity contribution is -0.135. The van der Waals surface area contributed by atoms with Crippen molar-refractivity contribution in [3.05, 3.63) is 30.5 Å². The largest absolute Gasteiger partial charge is 0.497 e. The number of rotatable bonds is 4. The van der Waals surface area contributed by atoms with E-state index in [1.165, 1.54) is 0 Å². The van der Waals surface area contributed by atoms with Gasteiger partial charge in [0, 0.05) is 35.7 Å². The first-order valence-electron chi connectivity index (χ1n) is 10.1. The number of hydrogen-bond donors (Lipinski definition) is 1. The van der Waals surface area contributed by atoms with E-state index in [0.717, 1.165) is 23.1 Å². The molecule has 3 rings (SSSR count). The second kappa shape index (κ2) is 8.35. The molecule has 1 aliphatic heterocycles. The van der Waals surface area contributed by atoms with Crippen LogP contribution in [-0.2, 0) is 16.1 Å². The number of ether oxygens (including phenoxy) is 2. The number of nitrogens with one attached hydrogen (secondary N) is 1. The summed E-state index contributed by atoms with van der Waals surface area (Å²) in [4.78, 5) is 26.8. The lowest BCUT2D eigenvalue weighted by Gasteiger charge is -2.38. The zero-order chi connectivity index (χ0) is 21.2. The van der Waals surface area contributed by atoms with Crippen molar-refractivity contribution < 1.29 is 19.1 Å². The zero-order valence-corrected chi connectivity index (χ0v) is 17.9. The summed E-state index contributed by atoms with van der Waals surface area (Å²) in [5.74, 6) is 0.885. The van der Waals surface area contributed by atoms with Crippen molar-refractivity contribution in [2.45, 2.75) is 64.8 Å². The quantitative estimate of drug-likeness (QED) is 0.850. The first-order valence-corrected chi connectivity index (χ1v) is 10.1. The molecular formula is C22H31N3O4. The minimum absolute atomic E-state index is 0.0174. The van der Waals surface area contributed by atoms with Crippen LogP contribution in [0.2, 0.25) is 0 Å². The molecule has 7 heteroatoms. The molecule has 1 N–H and O–H groups in total. The zero-order valence-electron chi connectivity index (χ0n) is 17.9. The van der Waals surface area contributed by atoms with Crippen LogP contribution in [-0.4, -0.2) is 52.8 Å². The Morgan fingerprint density at radius 2 is 2.00 bits per heavy atom. The number of carbonyl (C=O) groups is 2. The van der Waals surface area contributed by atoms with Crippen molar-refractivity contribution in [1.82, 2.24) is 14.8 Å². The van der Waals surface area contributed by atoms with Gasteiger partial charge in [0.15, 0.2) is 0 Å². The van der Waals surface area contributed by atoms with Crippen molar-refractivity contribution in [2.24, 2.45) is 0 Å². The normalized spacial score (nSPS) is 19.8.